The summed E-state index contributed by atoms with van der Waals surface area (Å²) >= 11 is 7.93. The summed E-state index contributed by atoms with van der Waals surface area (Å²) < 4.78 is 11.2. The number of ether oxygens (including phenoxy) is 2. The number of halogens is 1. The summed E-state index contributed by atoms with van der Waals surface area (Å²) in [4.78, 5) is 25.3. The molecule has 11 heteroatoms. The van der Waals surface area contributed by atoms with Crippen LogP contribution in [-0.2, 0) is 22.4 Å². The molecule has 0 aliphatic heterocycles. The Morgan fingerprint density at radius 2 is 1.97 bits per heavy atom. The fourth-order valence-electron chi connectivity index (χ4n) is 3.72. The van der Waals surface area contributed by atoms with Gasteiger partial charge in [-0.2, -0.15) is 5.10 Å². The van der Waals surface area contributed by atoms with Crippen molar-refractivity contribution < 1.29 is 14.3 Å². The van der Waals surface area contributed by atoms with Crippen LogP contribution in [0, 0.1) is 0 Å². The third-order valence-electron chi connectivity index (χ3n) is 5.44. The number of pyridine rings is 2. The Morgan fingerprint density at radius 1 is 1.08 bits per heavy atom. The predicted molar refractivity (Wildman–Crippen MR) is 144 cm³/mol. The van der Waals surface area contributed by atoms with E-state index in [1.165, 1.54) is 18.3 Å². The molecule has 9 nitrogen and oxygen atoms in total. The normalized spacial score (nSPS) is 11.0. The minimum absolute atomic E-state index is 0.298. The summed E-state index contributed by atoms with van der Waals surface area (Å²) in [6.45, 7) is 2.15. The molecule has 0 aliphatic carbocycles. The average molecular weight is 535 g/mol. The van der Waals surface area contributed by atoms with Gasteiger partial charge in [0, 0.05) is 59.9 Å². The van der Waals surface area contributed by atoms with Gasteiger partial charge in [-0.1, -0.05) is 17.7 Å². The number of aromatic nitrogens is 5. The number of carbonyl (C=O) groups excluding carboxylic acids is 1. The number of H-pyrrole nitrogens is 1. The Balaban J connectivity index is 1.43. The summed E-state index contributed by atoms with van der Waals surface area (Å²) in [5.41, 5.74) is 3.14. The molecule has 188 valence electrons. The molecule has 0 saturated heterocycles. The molecule has 0 saturated carbocycles. The maximum Gasteiger partial charge on any atom is 0.302 e. The molecule has 0 spiro atoms. The third-order valence-corrected chi connectivity index (χ3v) is 6.72. The van der Waals surface area contributed by atoms with Gasteiger partial charge in [0.2, 0.25) is 0 Å². The Hall–Kier alpha value is -4.02. The van der Waals surface area contributed by atoms with Crippen molar-refractivity contribution in [1.82, 2.24) is 25.1 Å². The smallest absolute Gasteiger partial charge is 0.302 e. The van der Waals surface area contributed by atoms with Crippen LogP contribution >= 0.6 is 22.9 Å². The number of thiazole rings is 1. The highest BCUT2D eigenvalue weighted by molar-refractivity contribution is 7.15. The molecule has 0 fully saturated rings. The van der Waals surface area contributed by atoms with Crippen molar-refractivity contribution in [3.63, 3.8) is 0 Å². The zero-order valence-electron chi connectivity index (χ0n) is 19.9. The summed E-state index contributed by atoms with van der Waals surface area (Å²) in [6.07, 6.45) is 6.48. The maximum absolute atomic E-state index is 11.0. The van der Waals surface area contributed by atoms with Crippen LogP contribution < -0.4 is 10.1 Å². The highest BCUT2D eigenvalue weighted by Crippen LogP contribution is 2.37. The van der Waals surface area contributed by atoms with Crippen LogP contribution in [0.2, 0.25) is 5.02 Å². The molecule has 4 heterocycles. The molecule has 5 rings (SSSR count). The molecule has 2 N–H and O–H groups in total. The van der Waals surface area contributed by atoms with Gasteiger partial charge < -0.3 is 14.8 Å². The lowest BCUT2D eigenvalue weighted by Crippen LogP contribution is -2.03. The Labute approximate surface area is 221 Å². The number of aromatic amines is 1. The number of esters is 1. The second kappa shape index (κ2) is 11.4. The van der Waals surface area contributed by atoms with Crippen LogP contribution in [0.4, 0.5) is 10.9 Å². The van der Waals surface area contributed by atoms with Gasteiger partial charge >= 0.3 is 5.97 Å². The maximum atomic E-state index is 11.0. The molecule has 37 heavy (non-hydrogen) atoms. The summed E-state index contributed by atoms with van der Waals surface area (Å²) in [7, 11) is 0. The van der Waals surface area contributed by atoms with Gasteiger partial charge in [0.15, 0.2) is 10.9 Å². The lowest BCUT2D eigenvalue weighted by atomic mass is 10.1. The van der Waals surface area contributed by atoms with Crippen LogP contribution in [0.15, 0.2) is 61.1 Å². The zero-order chi connectivity index (χ0) is 25.6. The van der Waals surface area contributed by atoms with E-state index in [0.717, 1.165) is 27.0 Å². The molecule has 1 aromatic carbocycles. The first kappa shape index (κ1) is 24.7. The van der Waals surface area contributed by atoms with Crippen LogP contribution in [0.3, 0.4) is 0 Å². The second-order valence-corrected chi connectivity index (χ2v) is 9.59. The molecular formula is C26H23ClN6O3S. The minimum atomic E-state index is -0.298. The Bertz CT molecular complexity index is 1520. The van der Waals surface area contributed by atoms with Crippen LogP contribution in [0.5, 0.6) is 5.75 Å². The van der Waals surface area contributed by atoms with E-state index in [9.17, 15) is 4.79 Å². The number of hydrogen-bond donors (Lipinski definition) is 2. The third kappa shape index (κ3) is 6.04. The number of benzene rings is 1. The summed E-state index contributed by atoms with van der Waals surface area (Å²) in [5, 5.41) is 12.9. The minimum Gasteiger partial charge on any atom is -0.491 e. The van der Waals surface area contributed by atoms with E-state index < -0.39 is 0 Å². The number of fused-ring (bicyclic) bond motifs is 1. The van der Waals surface area contributed by atoms with Crippen molar-refractivity contribution in [1.29, 1.82) is 0 Å². The topological polar surface area (TPSA) is 115 Å². The number of carbonyl (C=O) groups is 1. The molecule has 0 unspecified atom stereocenters. The molecule has 5 aromatic rings. The SMILES string of the molecule is CC(=O)OCCc1cnc(Nc2n[nH]c3c(OCCc4ccccn4)cc(-c4ncccc4Cl)cc23)s1. The van der Waals surface area contributed by atoms with Crippen LogP contribution in [0.1, 0.15) is 17.5 Å². The molecule has 0 atom stereocenters. The lowest BCUT2D eigenvalue weighted by Gasteiger charge is -2.11. The van der Waals surface area contributed by atoms with E-state index in [-0.39, 0.29) is 5.97 Å². The number of hydrogen-bond acceptors (Lipinski definition) is 9. The van der Waals surface area contributed by atoms with Gasteiger partial charge in [0.05, 0.1) is 23.9 Å². The first-order valence-electron chi connectivity index (χ1n) is 11.6. The van der Waals surface area contributed by atoms with Crippen molar-refractivity contribution in [2.24, 2.45) is 0 Å². The number of rotatable bonds is 10. The summed E-state index contributed by atoms with van der Waals surface area (Å²) in [6, 6.07) is 13.3. The van der Waals surface area contributed by atoms with Gasteiger partial charge in [-0.3, -0.25) is 19.9 Å². The largest absolute Gasteiger partial charge is 0.491 e. The van der Waals surface area contributed by atoms with E-state index in [1.807, 2.05) is 30.3 Å². The van der Waals surface area contributed by atoms with Gasteiger partial charge in [0.1, 0.15) is 11.3 Å². The van der Waals surface area contributed by atoms with E-state index in [2.05, 4.69) is 30.5 Å². The van der Waals surface area contributed by atoms with Crippen molar-refractivity contribution >= 4 is 50.8 Å². The van der Waals surface area contributed by atoms with Crippen molar-refractivity contribution in [3.05, 3.63) is 76.6 Å². The van der Waals surface area contributed by atoms with E-state index >= 15 is 0 Å². The van der Waals surface area contributed by atoms with Crippen molar-refractivity contribution in [3.8, 4) is 17.0 Å². The lowest BCUT2D eigenvalue weighted by molar-refractivity contribution is -0.140. The summed E-state index contributed by atoms with van der Waals surface area (Å²) in [5.74, 6) is 0.930. The Kier molecular flexibility index (Phi) is 7.57. The van der Waals surface area contributed by atoms with Crippen LogP contribution in [0.25, 0.3) is 22.2 Å². The highest BCUT2D eigenvalue weighted by Gasteiger charge is 2.17. The first-order valence-corrected chi connectivity index (χ1v) is 12.8. The molecular weight excluding hydrogens is 512 g/mol. The number of anilines is 2. The van der Waals surface area contributed by atoms with Gasteiger partial charge in [-0.15, -0.1) is 11.3 Å². The first-order chi connectivity index (χ1) is 18.1. The second-order valence-electron chi connectivity index (χ2n) is 8.07. The van der Waals surface area contributed by atoms with E-state index in [1.54, 1.807) is 30.7 Å². The zero-order valence-corrected chi connectivity index (χ0v) is 21.5. The molecule has 0 aliphatic rings. The number of nitrogens with one attached hydrogen (secondary N) is 2. The molecule has 0 bridgehead atoms. The highest BCUT2D eigenvalue weighted by atomic mass is 35.5. The van der Waals surface area contributed by atoms with Gasteiger partial charge in [-0.05, 0) is 36.4 Å². The standard InChI is InChI=1S/C26H23ClN6O3S/c1-16(34)35-12-8-19-15-30-26(37-19)31-25-20-13-17(23-21(27)6-4-10-29-23)14-22(24(20)32-33-25)36-11-7-18-5-2-3-9-28-18/h2-6,9-10,13-15H,7-8,11-12H2,1H3,(H2,30,31,32,33). The monoisotopic (exact) mass is 534 g/mol. The predicted octanol–water partition coefficient (Wildman–Crippen LogP) is 5.60. The van der Waals surface area contributed by atoms with Crippen molar-refractivity contribution in [2.75, 3.05) is 18.5 Å². The van der Waals surface area contributed by atoms with Crippen LogP contribution in [-0.4, -0.2) is 44.3 Å². The quantitative estimate of drug-likeness (QED) is 0.222. The average Bonchev–Trinajstić information content (AvgIpc) is 3.52. The van der Waals surface area contributed by atoms with E-state index in [0.29, 0.717) is 53.5 Å². The molecule has 0 amide bonds. The van der Waals surface area contributed by atoms with Crippen molar-refractivity contribution in [2.45, 2.75) is 19.8 Å². The molecule has 0 radical (unpaired) electrons. The van der Waals surface area contributed by atoms with Gasteiger partial charge in [0.25, 0.3) is 0 Å². The molecule has 4 aromatic heterocycles. The van der Waals surface area contributed by atoms with Gasteiger partial charge in [-0.25, -0.2) is 4.98 Å². The van der Waals surface area contributed by atoms with E-state index in [4.69, 9.17) is 21.1 Å². The fraction of sp³-hybridized carbons (Fsp3) is 0.192. The Morgan fingerprint density at radius 3 is 2.78 bits per heavy atom. The fourth-order valence-corrected chi connectivity index (χ4v) is 4.75. The number of nitrogens with zero attached hydrogens (tertiary/aromatic N) is 4.